The summed E-state index contributed by atoms with van der Waals surface area (Å²) >= 11 is -2.55. The Bertz CT molecular complexity index is 518. The molecule has 0 saturated heterocycles. The molecule has 1 aromatic rings. The molecule has 0 aliphatic heterocycles. The van der Waals surface area contributed by atoms with Gasteiger partial charge in [-0.05, 0) is 19.1 Å². The van der Waals surface area contributed by atoms with Crippen LogP contribution in [0.4, 0.5) is 5.69 Å². The molecule has 1 rings (SSSR count). The molecule has 3 N–H and O–H groups in total. The SMILES string of the molecule is CC(OS(=O)O)c1ccc(C(N)=O)cc1[N+](=O)[O-]. The number of nitrogens with zero attached hydrogens (tertiary/aromatic N) is 1. The number of nitro groups is 1. The van der Waals surface area contributed by atoms with E-state index in [9.17, 15) is 19.1 Å². The van der Waals surface area contributed by atoms with Crippen molar-refractivity contribution in [3.63, 3.8) is 0 Å². The summed E-state index contributed by atoms with van der Waals surface area (Å²) in [6.07, 6.45) is -0.974. The Morgan fingerprint density at radius 2 is 2.22 bits per heavy atom. The number of hydrogen-bond acceptors (Lipinski definition) is 5. The fraction of sp³-hybridized carbons (Fsp3) is 0.222. The third kappa shape index (κ3) is 3.32. The van der Waals surface area contributed by atoms with Crippen molar-refractivity contribution in [2.75, 3.05) is 0 Å². The first-order chi connectivity index (χ1) is 8.32. The second-order valence-electron chi connectivity index (χ2n) is 3.35. The topological polar surface area (TPSA) is 133 Å². The third-order valence-electron chi connectivity index (χ3n) is 2.18. The fourth-order valence-corrected chi connectivity index (χ4v) is 1.72. The second-order valence-corrected chi connectivity index (χ2v) is 3.98. The lowest BCUT2D eigenvalue weighted by atomic mass is 10.1. The number of primary amides is 1. The standard InChI is InChI=1S/C9H10N2O6S/c1-5(17-18(15)16)7-3-2-6(9(10)12)4-8(7)11(13)14/h2-5H,1H3,(H2,10,12)(H,15,16). The average Bonchev–Trinajstić information content (AvgIpc) is 2.26. The maximum Gasteiger partial charge on any atom is 0.302 e. The van der Waals surface area contributed by atoms with Gasteiger partial charge in [0.15, 0.2) is 0 Å². The first kappa shape index (κ1) is 14.2. The minimum absolute atomic E-state index is 0.0252. The predicted molar refractivity (Wildman–Crippen MR) is 61.9 cm³/mol. The highest BCUT2D eigenvalue weighted by atomic mass is 32.2. The zero-order valence-corrected chi connectivity index (χ0v) is 10.0. The molecular formula is C9H10N2O6S. The zero-order valence-electron chi connectivity index (χ0n) is 9.23. The Labute approximate surface area is 104 Å². The molecule has 1 amide bonds. The molecule has 18 heavy (non-hydrogen) atoms. The maximum atomic E-state index is 10.9. The van der Waals surface area contributed by atoms with Gasteiger partial charge in [-0.15, -0.1) is 0 Å². The lowest BCUT2D eigenvalue weighted by molar-refractivity contribution is -0.386. The van der Waals surface area contributed by atoms with Gasteiger partial charge in [0.1, 0.15) is 6.10 Å². The Morgan fingerprint density at radius 1 is 1.61 bits per heavy atom. The van der Waals surface area contributed by atoms with Crippen molar-refractivity contribution in [1.29, 1.82) is 0 Å². The van der Waals surface area contributed by atoms with E-state index in [1.165, 1.54) is 19.1 Å². The van der Waals surface area contributed by atoms with Crippen molar-refractivity contribution in [2.45, 2.75) is 13.0 Å². The molecule has 0 bridgehead atoms. The van der Waals surface area contributed by atoms with Crippen LogP contribution in [0, 0.1) is 10.1 Å². The van der Waals surface area contributed by atoms with E-state index in [1.807, 2.05) is 0 Å². The van der Waals surface area contributed by atoms with Crippen LogP contribution in [0.25, 0.3) is 0 Å². The summed E-state index contributed by atoms with van der Waals surface area (Å²) in [5.41, 5.74) is 4.66. The van der Waals surface area contributed by atoms with E-state index in [0.29, 0.717) is 0 Å². The van der Waals surface area contributed by atoms with Gasteiger partial charge in [0.2, 0.25) is 5.91 Å². The van der Waals surface area contributed by atoms with Crippen molar-refractivity contribution in [2.24, 2.45) is 5.73 Å². The summed E-state index contributed by atoms with van der Waals surface area (Å²) in [7, 11) is 0. The molecule has 2 unspecified atom stereocenters. The molecule has 0 aliphatic rings. The van der Waals surface area contributed by atoms with Crippen LogP contribution in [0.2, 0.25) is 0 Å². The summed E-state index contributed by atoms with van der Waals surface area (Å²) in [5.74, 6) is -0.802. The van der Waals surface area contributed by atoms with E-state index in [-0.39, 0.29) is 11.1 Å². The number of nitrogens with two attached hydrogens (primary N) is 1. The van der Waals surface area contributed by atoms with E-state index < -0.39 is 34.0 Å². The number of rotatable bonds is 5. The number of carbonyl (C=O) groups excluding carboxylic acids is 1. The summed E-state index contributed by atoms with van der Waals surface area (Å²) in [6, 6.07) is 3.54. The van der Waals surface area contributed by atoms with E-state index in [1.54, 1.807) is 0 Å². The summed E-state index contributed by atoms with van der Waals surface area (Å²) in [5, 5.41) is 10.8. The zero-order chi connectivity index (χ0) is 13.9. The molecule has 9 heteroatoms. The monoisotopic (exact) mass is 274 g/mol. The van der Waals surface area contributed by atoms with Crippen molar-refractivity contribution >= 4 is 23.0 Å². The summed E-state index contributed by atoms with van der Waals surface area (Å²) in [4.78, 5) is 21.0. The van der Waals surface area contributed by atoms with Crippen LogP contribution >= 0.6 is 0 Å². The third-order valence-corrected chi connectivity index (χ3v) is 2.63. The molecule has 0 aliphatic carbocycles. The van der Waals surface area contributed by atoms with Gasteiger partial charge in [0, 0.05) is 11.6 Å². The van der Waals surface area contributed by atoms with Gasteiger partial charge in [-0.2, -0.15) is 4.21 Å². The van der Waals surface area contributed by atoms with Gasteiger partial charge in [-0.25, -0.2) is 0 Å². The molecule has 0 spiro atoms. The number of amides is 1. The average molecular weight is 274 g/mol. The van der Waals surface area contributed by atoms with Crippen LogP contribution in [0.3, 0.4) is 0 Å². The lowest BCUT2D eigenvalue weighted by Gasteiger charge is -2.10. The van der Waals surface area contributed by atoms with E-state index in [2.05, 4.69) is 4.18 Å². The highest BCUT2D eigenvalue weighted by Crippen LogP contribution is 2.28. The Kier molecular flexibility index (Phi) is 4.48. The molecule has 0 aromatic heterocycles. The van der Waals surface area contributed by atoms with Crippen LogP contribution in [0.5, 0.6) is 0 Å². The van der Waals surface area contributed by atoms with Gasteiger partial charge in [-0.3, -0.25) is 23.6 Å². The second kappa shape index (κ2) is 5.67. The molecule has 0 heterocycles. The van der Waals surface area contributed by atoms with Gasteiger partial charge in [-0.1, -0.05) is 0 Å². The van der Waals surface area contributed by atoms with Gasteiger partial charge in [0.05, 0.1) is 10.5 Å². The van der Waals surface area contributed by atoms with Crippen LogP contribution in [0.15, 0.2) is 18.2 Å². The molecule has 8 nitrogen and oxygen atoms in total. The van der Waals surface area contributed by atoms with Crippen molar-refractivity contribution < 1.29 is 22.7 Å². The lowest BCUT2D eigenvalue weighted by Crippen LogP contribution is -2.12. The van der Waals surface area contributed by atoms with Gasteiger partial charge >= 0.3 is 11.4 Å². The Hall–Kier alpha value is -1.84. The van der Waals surface area contributed by atoms with Crippen molar-refractivity contribution in [1.82, 2.24) is 0 Å². The minimum Gasteiger partial charge on any atom is -0.366 e. The largest absolute Gasteiger partial charge is 0.366 e. The van der Waals surface area contributed by atoms with E-state index in [4.69, 9.17) is 10.3 Å². The molecule has 98 valence electrons. The molecule has 2 atom stereocenters. The Balaban J connectivity index is 3.23. The first-order valence-corrected chi connectivity index (χ1v) is 5.72. The summed E-state index contributed by atoms with van der Waals surface area (Å²) < 4.78 is 23.6. The van der Waals surface area contributed by atoms with Gasteiger partial charge in [0.25, 0.3) is 5.69 Å². The number of carbonyl (C=O) groups is 1. The molecule has 0 radical (unpaired) electrons. The predicted octanol–water partition coefficient (Wildman–Crippen LogP) is 0.908. The normalized spacial score (nSPS) is 13.9. The highest BCUT2D eigenvalue weighted by molar-refractivity contribution is 7.74. The van der Waals surface area contributed by atoms with Crippen LogP contribution in [0.1, 0.15) is 28.9 Å². The van der Waals surface area contributed by atoms with Crippen molar-refractivity contribution in [3.05, 3.63) is 39.4 Å². The van der Waals surface area contributed by atoms with Crippen LogP contribution < -0.4 is 5.73 Å². The Morgan fingerprint density at radius 3 is 2.67 bits per heavy atom. The minimum atomic E-state index is -2.55. The maximum absolute atomic E-state index is 10.9. The molecular weight excluding hydrogens is 264 g/mol. The first-order valence-electron chi connectivity index (χ1n) is 4.69. The highest BCUT2D eigenvalue weighted by Gasteiger charge is 2.22. The molecule has 0 saturated carbocycles. The van der Waals surface area contributed by atoms with Crippen LogP contribution in [-0.4, -0.2) is 19.6 Å². The van der Waals surface area contributed by atoms with Crippen molar-refractivity contribution in [3.8, 4) is 0 Å². The molecule has 1 aromatic carbocycles. The van der Waals surface area contributed by atoms with Crippen LogP contribution in [-0.2, 0) is 15.5 Å². The smallest absolute Gasteiger partial charge is 0.302 e. The number of hydrogen-bond donors (Lipinski definition) is 2. The molecule has 0 fully saturated rings. The number of benzene rings is 1. The van der Waals surface area contributed by atoms with E-state index >= 15 is 0 Å². The van der Waals surface area contributed by atoms with Gasteiger partial charge < -0.3 is 5.73 Å². The van der Waals surface area contributed by atoms with E-state index in [0.717, 1.165) is 6.07 Å². The fourth-order valence-electron chi connectivity index (χ4n) is 1.37. The number of nitro benzene ring substituents is 1. The quantitative estimate of drug-likeness (QED) is 0.465. The summed E-state index contributed by atoms with van der Waals surface area (Å²) in [6.45, 7) is 1.38.